The molecule has 1 heterocycles. The van der Waals surface area contributed by atoms with Crippen molar-refractivity contribution < 1.29 is 17.6 Å². The highest BCUT2D eigenvalue weighted by Crippen LogP contribution is 2.36. The van der Waals surface area contributed by atoms with E-state index in [9.17, 15) is 17.6 Å². The molecule has 0 radical (unpaired) electrons. The highest BCUT2D eigenvalue weighted by Gasteiger charge is 2.34. The smallest absolute Gasteiger partial charge is 0.382 e. The van der Waals surface area contributed by atoms with E-state index in [-0.39, 0.29) is 23.3 Å². The van der Waals surface area contributed by atoms with E-state index in [1.165, 1.54) is 16.8 Å². The van der Waals surface area contributed by atoms with Gasteiger partial charge in [-0.25, -0.2) is 4.39 Å². The predicted molar refractivity (Wildman–Crippen MR) is 79.5 cm³/mol. The van der Waals surface area contributed by atoms with Gasteiger partial charge < -0.3 is 5.73 Å². The van der Waals surface area contributed by atoms with Gasteiger partial charge in [0.25, 0.3) is 0 Å². The second kappa shape index (κ2) is 5.57. The van der Waals surface area contributed by atoms with Gasteiger partial charge in [0, 0.05) is 5.39 Å². The van der Waals surface area contributed by atoms with E-state index in [1.807, 2.05) is 0 Å². The zero-order valence-electron chi connectivity index (χ0n) is 11.9. The normalized spacial score (nSPS) is 12.0. The van der Waals surface area contributed by atoms with Crippen molar-refractivity contribution in [3.63, 3.8) is 0 Å². The van der Waals surface area contributed by atoms with Crippen LogP contribution in [0.25, 0.3) is 10.9 Å². The maximum atomic E-state index is 13.2. The quantitative estimate of drug-likeness (QED) is 0.736. The Balaban J connectivity index is 2.09. The van der Waals surface area contributed by atoms with Crippen LogP contribution in [0.15, 0.2) is 42.5 Å². The van der Waals surface area contributed by atoms with Gasteiger partial charge in [0.1, 0.15) is 6.67 Å². The maximum Gasteiger partial charge on any atom is 0.418 e. The van der Waals surface area contributed by atoms with Crippen molar-refractivity contribution >= 4 is 16.7 Å². The number of benzene rings is 2. The summed E-state index contributed by atoms with van der Waals surface area (Å²) in [5.74, 6) is 0.0477. The van der Waals surface area contributed by atoms with Crippen LogP contribution in [0.5, 0.6) is 0 Å². The Kier molecular flexibility index (Phi) is 3.71. The molecule has 0 spiro atoms. The summed E-state index contributed by atoms with van der Waals surface area (Å²) in [6.45, 7) is -0.469. The lowest BCUT2D eigenvalue weighted by molar-refractivity contribution is -0.136. The molecule has 3 aromatic rings. The summed E-state index contributed by atoms with van der Waals surface area (Å²) in [4.78, 5) is 0. The number of alkyl halides is 4. The molecule has 0 aliphatic heterocycles. The fourth-order valence-electron chi connectivity index (χ4n) is 2.51. The minimum absolute atomic E-state index is 0.0477. The number of hydrogen-bond acceptors (Lipinski definition) is 2. The molecule has 3 rings (SSSR count). The van der Waals surface area contributed by atoms with Crippen molar-refractivity contribution in [2.45, 2.75) is 19.4 Å². The van der Waals surface area contributed by atoms with Gasteiger partial charge in [-0.3, -0.25) is 4.68 Å². The van der Waals surface area contributed by atoms with Crippen LogP contribution in [0.1, 0.15) is 16.7 Å². The zero-order valence-corrected chi connectivity index (χ0v) is 11.9. The first-order valence-corrected chi connectivity index (χ1v) is 6.86. The van der Waals surface area contributed by atoms with Crippen LogP contribution in [0, 0.1) is 0 Å². The van der Waals surface area contributed by atoms with E-state index in [4.69, 9.17) is 5.73 Å². The van der Waals surface area contributed by atoms with Crippen LogP contribution in [-0.2, 0) is 19.4 Å². The maximum absolute atomic E-state index is 13.2. The summed E-state index contributed by atoms with van der Waals surface area (Å²) in [6, 6.07) is 10.3. The lowest BCUT2D eigenvalue weighted by Gasteiger charge is -2.11. The van der Waals surface area contributed by atoms with Crippen molar-refractivity contribution in [1.29, 1.82) is 0 Å². The molecular formula is C16H13F4N3. The molecule has 0 fully saturated rings. The van der Waals surface area contributed by atoms with Gasteiger partial charge in [-0.1, -0.05) is 30.3 Å². The monoisotopic (exact) mass is 323 g/mol. The average Bonchev–Trinajstić information content (AvgIpc) is 2.83. The summed E-state index contributed by atoms with van der Waals surface area (Å²) in [6.07, 6.45) is -4.50. The van der Waals surface area contributed by atoms with Crippen LogP contribution < -0.4 is 5.73 Å². The number of hydrogen-bond donors (Lipinski definition) is 1. The number of nitrogens with zero attached hydrogens (tertiary/aromatic N) is 2. The molecule has 0 aliphatic carbocycles. The molecule has 0 aliphatic rings. The molecule has 0 atom stereocenters. The van der Waals surface area contributed by atoms with Gasteiger partial charge in [-0.05, 0) is 23.3 Å². The number of aromatic nitrogens is 2. The molecule has 7 heteroatoms. The fourth-order valence-corrected chi connectivity index (χ4v) is 2.51. The van der Waals surface area contributed by atoms with E-state index in [1.54, 1.807) is 24.3 Å². The molecule has 23 heavy (non-hydrogen) atoms. The third-order valence-corrected chi connectivity index (χ3v) is 3.61. The number of nitrogens with two attached hydrogens (primary N) is 1. The Labute approximate surface area is 129 Å². The van der Waals surface area contributed by atoms with Crippen LogP contribution >= 0.6 is 0 Å². The van der Waals surface area contributed by atoms with Crippen molar-refractivity contribution in [3.05, 3.63) is 59.2 Å². The average molecular weight is 323 g/mol. The number of nitrogen functional groups attached to an aromatic ring is 1. The molecule has 3 nitrogen and oxygen atoms in total. The molecule has 0 unspecified atom stereocenters. The van der Waals surface area contributed by atoms with E-state index in [0.717, 1.165) is 6.07 Å². The van der Waals surface area contributed by atoms with Crippen molar-refractivity contribution in [2.75, 3.05) is 5.73 Å². The van der Waals surface area contributed by atoms with Crippen LogP contribution in [-0.4, -0.2) is 9.78 Å². The van der Waals surface area contributed by atoms with Crippen LogP contribution in [0.4, 0.5) is 23.4 Å². The summed E-state index contributed by atoms with van der Waals surface area (Å²) in [5.41, 5.74) is 6.13. The van der Waals surface area contributed by atoms with Gasteiger partial charge >= 0.3 is 6.18 Å². The summed E-state index contributed by atoms with van der Waals surface area (Å²) >= 11 is 0. The van der Waals surface area contributed by atoms with Gasteiger partial charge in [0.2, 0.25) is 0 Å². The molecule has 0 saturated heterocycles. The Morgan fingerprint density at radius 3 is 2.26 bits per heavy atom. The first-order chi connectivity index (χ1) is 10.9. The minimum Gasteiger partial charge on any atom is -0.382 e. The zero-order chi connectivity index (χ0) is 16.6. The number of halogens is 4. The highest BCUT2D eigenvalue weighted by molar-refractivity contribution is 5.91. The van der Waals surface area contributed by atoms with Crippen LogP contribution in [0.3, 0.4) is 0 Å². The Bertz CT molecular complexity index is 835. The summed E-state index contributed by atoms with van der Waals surface area (Å²) in [5, 5.41) is 4.29. The molecule has 1 aromatic heterocycles. The molecule has 0 amide bonds. The third-order valence-electron chi connectivity index (χ3n) is 3.61. The number of rotatable bonds is 3. The lowest BCUT2D eigenvalue weighted by Crippen LogP contribution is -2.10. The van der Waals surface area contributed by atoms with E-state index in [0.29, 0.717) is 11.1 Å². The topological polar surface area (TPSA) is 43.8 Å². The van der Waals surface area contributed by atoms with E-state index < -0.39 is 18.4 Å². The van der Waals surface area contributed by atoms with E-state index in [2.05, 4.69) is 5.10 Å². The Morgan fingerprint density at radius 1 is 1.00 bits per heavy atom. The summed E-state index contributed by atoms with van der Waals surface area (Å²) in [7, 11) is 0. The standard InChI is InChI=1S/C16H13F4N3/c17-8-10-4-6-11(7-5-10)9-23-14-12(15(21)22-23)2-1-3-13(14)16(18,19)20/h1-7H,8-9H2,(H2,21,22). The first kappa shape index (κ1) is 15.3. The third kappa shape index (κ3) is 2.86. The van der Waals surface area contributed by atoms with E-state index >= 15 is 0 Å². The SMILES string of the molecule is Nc1nn(Cc2ccc(CF)cc2)c2c(C(F)(F)F)cccc12. The predicted octanol–water partition coefficient (Wildman–Crippen LogP) is 4.16. The van der Waals surface area contributed by atoms with Gasteiger partial charge in [0.05, 0.1) is 17.6 Å². The van der Waals surface area contributed by atoms with Crippen molar-refractivity contribution in [1.82, 2.24) is 9.78 Å². The van der Waals surface area contributed by atoms with Gasteiger partial charge in [0.15, 0.2) is 5.82 Å². The molecule has 120 valence electrons. The fraction of sp³-hybridized carbons (Fsp3) is 0.188. The second-order valence-corrected chi connectivity index (χ2v) is 5.19. The largest absolute Gasteiger partial charge is 0.418 e. The summed E-state index contributed by atoms with van der Waals surface area (Å²) < 4.78 is 53.4. The Morgan fingerprint density at radius 2 is 1.65 bits per heavy atom. The lowest BCUT2D eigenvalue weighted by atomic mass is 10.1. The number of fused-ring (bicyclic) bond motifs is 1. The molecule has 0 saturated carbocycles. The molecule has 2 aromatic carbocycles. The van der Waals surface area contributed by atoms with Gasteiger partial charge in [-0.15, -0.1) is 0 Å². The first-order valence-electron chi connectivity index (χ1n) is 6.86. The number of anilines is 1. The van der Waals surface area contributed by atoms with Crippen LogP contribution in [0.2, 0.25) is 0 Å². The number of para-hydroxylation sites is 1. The van der Waals surface area contributed by atoms with Gasteiger partial charge in [-0.2, -0.15) is 18.3 Å². The van der Waals surface area contributed by atoms with Crippen molar-refractivity contribution in [2.24, 2.45) is 0 Å². The van der Waals surface area contributed by atoms with Crippen molar-refractivity contribution in [3.8, 4) is 0 Å². The molecule has 2 N–H and O–H groups in total. The second-order valence-electron chi connectivity index (χ2n) is 5.19. The molecular weight excluding hydrogens is 310 g/mol. The minimum atomic E-state index is -4.50. The highest BCUT2D eigenvalue weighted by atomic mass is 19.4. The molecule has 0 bridgehead atoms. The Hall–Kier alpha value is -2.57.